The van der Waals surface area contributed by atoms with E-state index in [1.807, 2.05) is 0 Å². The van der Waals surface area contributed by atoms with E-state index >= 15 is 0 Å². The lowest BCUT2D eigenvalue weighted by molar-refractivity contribution is 0.249. The van der Waals surface area contributed by atoms with Crippen LogP contribution >= 0.6 is 39.1 Å². The van der Waals surface area contributed by atoms with Gasteiger partial charge >= 0.3 is 0 Å². The van der Waals surface area contributed by atoms with Crippen molar-refractivity contribution in [3.05, 3.63) is 26.7 Å². The topological polar surface area (TPSA) is 49.4 Å². The number of hydrogen-bond donors (Lipinski definition) is 1. The van der Waals surface area contributed by atoms with Crippen molar-refractivity contribution in [1.82, 2.24) is 9.62 Å². The van der Waals surface area contributed by atoms with Crippen molar-refractivity contribution < 1.29 is 8.42 Å². The summed E-state index contributed by atoms with van der Waals surface area (Å²) in [5.41, 5.74) is 0. The summed E-state index contributed by atoms with van der Waals surface area (Å²) in [5.74, 6) is 0. The summed E-state index contributed by atoms with van der Waals surface area (Å²) in [6.07, 6.45) is 0. The summed E-state index contributed by atoms with van der Waals surface area (Å²) in [5, 5.41) is 3.32. The molecule has 0 radical (unpaired) electrons. The summed E-state index contributed by atoms with van der Waals surface area (Å²) in [7, 11) is -3.68. The number of nitrogens with zero attached hydrogens (tertiary/aromatic N) is 1. The van der Waals surface area contributed by atoms with Gasteiger partial charge in [-0.1, -0.05) is 46.1 Å². The minimum absolute atomic E-state index is 0.0206. The lowest BCUT2D eigenvalue weighted by Gasteiger charge is -2.36. The number of hydrogen-bond acceptors (Lipinski definition) is 3. The Morgan fingerprint density at radius 3 is 2.26 bits per heavy atom. The molecule has 1 aromatic rings. The predicted octanol–water partition coefficient (Wildman–Crippen LogP) is 2.74. The maximum atomic E-state index is 12.7. The van der Waals surface area contributed by atoms with E-state index in [4.69, 9.17) is 23.2 Å². The summed E-state index contributed by atoms with van der Waals surface area (Å²) >= 11 is 15.3. The van der Waals surface area contributed by atoms with Crippen molar-refractivity contribution in [3.63, 3.8) is 0 Å². The zero-order valence-electron chi connectivity index (χ0n) is 10.2. The van der Waals surface area contributed by atoms with Gasteiger partial charge < -0.3 is 5.32 Å². The zero-order valence-corrected chi connectivity index (χ0v) is 14.1. The van der Waals surface area contributed by atoms with Crippen molar-refractivity contribution in [2.45, 2.75) is 17.9 Å². The van der Waals surface area contributed by atoms with Gasteiger partial charge in [0.2, 0.25) is 10.0 Å². The SMILES string of the molecule is CCN(C1CNC1)S(=O)(=O)c1c(Cl)cc(Br)cc1Cl. The van der Waals surface area contributed by atoms with Gasteiger partial charge in [0.15, 0.2) is 0 Å². The highest BCUT2D eigenvalue weighted by atomic mass is 79.9. The first-order chi connectivity index (χ1) is 8.87. The Morgan fingerprint density at radius 2 is 1.89 bits per heavy atom. The molecule has 0 atom stereocenters. The Kier molecular flexibility index (Phi) is 4.80. The highest BCUT2D eigenvalue weighted by Gasteiger charge is 2.36. The highest BCUT2D eigenvalue weighted by Crippen LogP contribution is 2.35. The van der Waals surface area contributed by atoms with E-state index in [0.29, 0.717) is 24.1 Å². The van der Waals surface area contributed by atoms with Crippen molar-refractivity contribution >= 4 is 49.2 Å². The lowest BCUT2D eigenvalue weighted by Crippen LogP contribution is -2.58. The van der Waals surface area contributed by atoms with Crippen molar-refractivity contribution in [1.29, 1.82) is 0 Å². The molecule has 106 valence electrons. The van der Waals surface area contributed by atoms with Gasteiger partial charge in [0.05, 0.1) is 16.1 Å². The second-order valence-electron chi connectivity index (χ2n) is 4.22. The molecule has 8 heteroatoms. The Labute approximate surface area is 131 Å². The number of nitrogens with one attached hydrogen (secondary N) is 1. The molecule has 2 rings (SSSR count). The predicted molar refractivity (Wildman–Crippen MR) is 80.4 cm³/mol. The van der Waals surface area contributed by atoms with Gasteiger partial charge in [-0.2, -0.15) is 4.31 Å². The first-order valence-corrected chi connectivity index (χ1v) is 8.74. The summed E-state index contributed by atoms with van der Waals surface area (Å²) in [6.45, 7) is 3.49. The number of likely N-dealkylation sites (N-methyl/N-ethyl adjacent to an activating group) is 1. The van der Waals surface area contributed by atoms with Gasteiger partial charge in [0, 0.05) is 24.1 Å². The fraction of sp³-hybridized carbons (Fsp3) is 0.455. The summed E-state index contributed by atoms with van der Waals surface area (Å²) < 4.78 is 27.4. The minimum atomic E-state index is -3.68. The van der Waals surface area contributed by atoms with Crippen LogP contribution in [-0.4, -0.2) is 38.4 Å². The van der Waals surface area contributed by atoms with Crippen molar-refractivity contribution in [2.75, 3.05) is 19.6 Å². The smallest absolute Gasteiger partial charge is 0.246 e. The molecular weight excluding hydrogens is 375 g/mol. The molecule has 1 aromatic carbocycles. The minimum Gasteiger partial charge on any atom is -0.313 e. The quantitative estimate of drug-likeness (QED) is 0.863. The van der Waals surface area contributed by atoms with Gasteiger partial charge in [-0.05, 0) is 12.1 Å². The maximum Gasteiger partial charge on any atom is 0.246 e. The van der Waals surface area contributed by atoms with Gasteiger partial charge in [-0.15, -0.1) is 0 Å². The Hall–Kier alpha value is 0.150. The molecule has 1 fully saturated rings. The monoisotopic (exact) mass is 386 g/mol. The summed E-state index contributed by atoms with van der Waals surface area (Å²) in [6, 6.07) is 3.03. The van der Waals surface area contributed by atoms with Crippen LogP contribution in [0.4, 0.5) is 0 Å². The van der Waals surface area contributed by atoms with E-state index in [0.717, 1.165) is 0 Å². The second kappa shape index (κ2) is 5.87. The lowest BCUT2D eigenvalue weighted by atomic mass is 10.2. The van der Waals surface area contributed by atoms with Crippen molar-refractivity contribution in [2.24, 2.45) is 0 Å². The van der Waals surface area contributed by atoms with Crippen LogP contribution in [0.1, 0.15) is 6.92 Å². The van der Waals surface area contributed by atoms with E-state index in [1.165, 1.54) is 16.4 Å². The molecule has 0 aromatic heterocycles. The first kappa shape index (κ1) is 15.5. The van der Waals surface area contributed by atoms with Crippen LogP contribution in [0.5, 0.6) is 0 Å². The molecule has 0 amide bonds. The number of sulfonamides is 1. The Morgan fingerprint density at radius 1 is 1.37 bits per heavy atom. The van der Waals surface area contributed by atoms with E-state index < -0.39 is 10.0 Å². The average Bonchev–Trinajstić information content (AvgIpc) is 2.20. The second-order valence-corrected chi connectivity index (χ2v) is 7.78. The van der Waals surface area contributed by atoms with Gasteiger partial charge in [0.25, 0.3) is 0 Å². The molecule has 1 saturated heterocycles. The molecule has 0 spiro atoms. The molecule has 0 unspecified atom stereocenters. The third kappa shape index (κ3) is 2.94. The van der Waals surface area contributed by atoms with Gasteiger partial charge in [0.1, 0.15) is 4.90 Å². The molecule has 0 saturated carbocycles. The third-order valence-electron chi connectivity index (χ3n) is 3.01. The summed E-state index contributed by atoms with van der Waals surface area (Å²) in [4.78, 5) is -0.0206. The van der Waals surface area contributed by atoms with Crippen molar-refractivity contribution in [3.8, 4) is 0 Å². The van der Waals surface area contributed by atoms with Crippen LogP contribution < -0.4 is 5.32 Å². The number of benzene rings is 1. The average molecular weight is 388 g/mol. The van der Waals surface area contributed by atoms with Crippen LogP contribution in [0.15, 0.2) is 21.5 Å². The van der Waals surface area contributed by atoms with Crippen LogP contribution in [0.3, 0.4) is 0 Å². The van der Waals surface area contributed by atoms with E-state index in [-0.39, 0.29) is 21.0 Å². The third-order valence-corrected chi connectivity index (χ3v) is 6.42. The zero-order chi connectivity index (χ0) is 14.2. The van der Waals surface area contributed by atoms with Gasteiger partial charge in [-0.25, -0.2) is 8.42 Å². The molecule has 0 bridgehead atoms. The fourth-order valence-corrected chi connectivity index (χ4v) is 5.51. The van der Waals surface area contributed by atoms with E-state index in [9.17, 15) is 8.42 Å². The van der Waals surface area contributed by atoms with Crippen LogP contribution in [0.25, 0.3) is 0 Å². The Balaban J connectivity index is 2.49. The molecule has 1 aliphatic heterocycles. The highest BCUT2D eigenvalue weighted by molar-refractivity contribution is 9.10. The van der Waals surface area contributed by atoms with Crippen LogP contribution in [-0.2, 0) is 10.0 Å². The molecule has 19 heavy (non-hydrogen) atoms. The molecule has 1 N–H and O–H groups in total. The standard InChI is InChI=1S/C11H13BrCl2N2O2S/c1-2-16(8-5-15-6-8)19(17,18)11-9(13)3-7(12)4-10(11)14/h3-4,8,15H,2,5-6H2,1H3. The molecule has 1 aliphatic rings. The number of rotatable bonds is 4. The Bertz CT molecular complexity index is 567. The normalized spacial score (nSPS) is 16.7. The molecular formula is C11H13BrCl2N2O2S. The van der Waals surface area contributed by atoms with E-state index in [2.05, 4.69) is 21.2 Å². The molecule has 0 aliphatic carbocycles. The van der Waals surface area contributed by atoms with Crippen LogP contribution in [0, 0.1) is 0 Å². The molecule has 4 nitrogen and oxygen atoms in total. The first-order valence-electron chi connectivity index (χ1n) is 5.75. The van der Waals surface area contributed by atoms with Gasteiger partial charge in [-0.3, -0.25) is 0 Å². The van der Waals surface area contributed by atoms with E-state index in [1.54, 1.807) is 6.92 Å². The maximum absolute atomic E-state index is 12.7. The fourth-order valence-electron chi connectivity index (χ4n) is 1.99. The molecule has 1 heterocycles. The number of halogens is 3. The van der Waals surface area contributed by atoms with Crippen LogP contribution in [0.2, 0.25) is 10.0 Å². The largest absolute Gasteiger partial charge is 0.313 e.